The Morgan fingerprint density at radius 3 is 1.64 bits per heavy atom. The van der Waals surface area contributed by atoms with Gasteiger partial charge < -0.3 is 20.7 Å². The molecule has 0 fully saturated rings. The molecule has 0 saturated carbocycles. The second-order valence-corrected chi connectivity index (χ2v) is 7.44. The van der Waals surface area contributed by atoms with Gasteiger partial charge in [0.15, 0.2) is 0 Å². The van der Waals surface area contributed by atoms with Crippen LogP contribution in [0.1, 0.15) is 104 Å². The number of unbranched alkanes of at least 4 members (excludes halogenated alkanes) is 10. The summed E-state index contributed by atoms with van der Waals surface area (Å²) in [5.41, 5.74) is 5.01. The van der Waals surface area contributed by atoms with Crippen LogP contribution in [0.4, 0.5) is 0 Å². The molecule has 0 aromatic carbocycles. The van der Waals surface area contributed by atoms with Gasteiger partial charge in [-0.05, 0) is 12.8 Å². The van der Waals surface area contributed by atoms with E-state index in [0.717, 1.165) is 25.7 Å². The molecule has 0 spiro atoms. The van der Waals surface area contributed by atoms with Crippen molar-refractivity contribution in [2.24, 2.45) is 5.73 Å². The van der Waals surface area contributed by atoms with Gasteiger partial charge in [0.05, 0.1) is 18.8 Å². The van der Waals surface area contributed by atoms with Crippen LogP contribution in [0.5, 0.6) is 0 Å². The predicted molar refractivity (Wildman–Crippen MR) is 107 cm³/mol. The van der Waals surface area contributed by atoms with Gasteiger partial charge in [0.1, 0.15) is 6.10 Å². The number of hydrogen-bond donors (Lipinski definition) is 3. The van der Waals surface area contributed by atoms with Crippen LogP contribution in [-0.2, 0) is 4.74 Å². The van der Waals surface area contributed by atoms with E-state index in [2.05, 4.69) is 13.8 Å². The van der Waals surface area contributed by atoms with Crippen LogP contribution in [0.25, 0.3) is 0 Å². The van der Waals surface area contributed by atoms with E-state index in [4.69, 9.17) is 10.5 Å². The van der Waals surface area contributed by atoms with Gasteiger partial charge in [-0.1, -0.05) is 90.9 Å². The molecular weight excluding hydrogens is 314 g/mol. The van der Waals surface area contributed by atoms with E-state index in [1.165, 1.54) is 64.2 Å². The molecule has 0 bridgehead atoms. The van der Waals surface area contributed by atoms with Crippen LogP contribution >= 0.6 is 0 Å². The zero-order chi connectivity index (χ0) is 18.8. The third kappa shape index (κ3) is 12.0. The van der Waals surface area contributed by atoms with Crippen molar-refractivity contribution in [3.63, 3.8) is 0 Å². The van der Waals surface area contributed by atoms with Gasteiger partial charge >= 0.3 is 0 Å². The fraction of sp³-hybridized carbons (Fsp3) is 1.00. The number of aliphatic hydroxyl groups is 2. The van der Waals surface area contributed by atoms with E-state index in [1.807, 2.05) is 0 Å². The minimum absolute atomic E-state index is 0.240. The number of rotatable bonds is 19. The highest BCUT2D eigenvalue weighted by Gasteiger charge is 2.37. The average molecular weight is 360 g/mol. The van der Waals surface area contributed by atoms with Gasteiger partial charge in [-0.15, -0.1) is 0 Å². The summed E-state index contributed by atoms with van der Waals surface area (Å²) >= 11 is 0. The zero-order valence-electron chi connectivity index (χ0n) is 17.0. The lowest BCUT2D eigenvalue weighted by Gasteiger charge is -2.38. The number of hydrogen-bond acceptors (Lipinski definition) is 4. The van der Waals surface area contributed by atoms with Crippen molar-refractivity contribution in [3.8, 4) is 0 Å². The van der Waals surface area contributed by atoms with Crippen molar-refractivity contribution in [2.75, 3.05) is 19.8 Å². The number of aliphatic hydroxyl groups excluding tert-OH is 2. The van der Waals surface area contributed by atoms with Crippen molar-refractivity contribution in [1.82, 2.24) is 0 Å². The van der Waals surface area contributed by atoms with Gasteiger partial charge in [0.25, 0.3) is 0 Å². The maximum Gasteiger partial charge on any atom is 0.106 e. The summed E-state index contributed by atoms with van der Waals surface area (Å²) in [6, 6.07) is 0. The van der Waals surface area contributed by atoms with Crippen molar-refractivity contribution in [2.45, 2.75) is 115 Å². The largest absolute Gasteiger partial charge is 0.394 e. The number of ether oxygens (including phenoxy) is 1. The molecule has 25 heavy (non-hydrogen) atoms. The van der Waals surface area contributed by atoms with Crippen molar-refractivity contribution in [3.05, 3.63) is 0 Å². The van der Waals surface area contributed by atoms with Gasteiger partial charge in [-0.25, -0.2) is 0 Å². The standard InChI is InChI=1S/C21H45NO3/c1-3-5-7-9-11-13-15-21(20(24)19-23,25-18-17-22)16-14-12-10-8-6-4-2/h20,23-24H,3-19,22H2,1-2H3. The molecular formula is C21H45NO3. The lowest BCUT2D eigenvalue weighted by atomic mass is 9.84. The molecule has 0 aromatic heterocycles. The van der Waals surface area contributed by atoms with Crippen LogP contribution in [0, 0.1) is 0 Å². The summed E-state index contributed by atoms with van der Waals surface area (Å²) in [5.74, 6) is 0. The first-order valence-electron chi connectivity index (χ1n) is 10.8. The van der Waals surface area contributed by atoms with Crippen LogP contribution < -0.4 is 5.73 Å². The minimum Gasteiger partial charge on any atom is -0.394 e. The molecule has 0 amide bonds. The highest BCUT2D eigenvalue weighted by molar-refractivity contribution is 4.88. The molecule has 0 saturated heterocycles. The van der Waals surface area contributed by atoms with Crippen LogP contribution in [0.2, 0.25) is 0 Å². The third-order valence-corrected chi connectivity index (χ3v) is 5.19. The molecule has 0 radical (unpaired) electrons. The molecule has 0 aromatic rings. The summed E-state index contributed by atoms with van der Waals surface area (Å²) in [4.78, 5) is 0. The molecule has 152 valence electrons. The first-order valence-corrected chi connectivity index (χ1v) is 10.8. The summed E-state index contributed by atoms with van der Waals surface area (Å²) in [6.07, 6.45) is 15.4. The fourth-order valence-electron chi connectivity index (χ4n) is 3.54. The topological polar surface area (TPSA) is 75.7 Å². The smallest absolute Gasteiger partial charge is 0.106 e. The minimum atomic E-state index is -0.815. The van der Waals surface area contributed by atoms with Crippen molar-refractivity contribution >= 4 is 0 Å². The zero-order valence-corrected chi connectivity index (χ0v) is 17.0. The van der Waals surface area contributed by atoms with Gasteiger partial charge in [0, 0.05) is 6.54 Å². The Morgan fingerprint density at radius 2 is 1.24 bits per heavy atom. The highest BCUT2D eigenvalue weighted by Crippen LogP contribution is 2.31. The SMILES string of the molecule is CCCCCCCCC(CCCCCCCC)(OCCN)C(O)CO. The van der Waals surface area contributed by atoms with Crippen LogP contribution in [-0.4, -0.2) is 41.7 Å². The molecule has 0 aliphatic heterocycles. The van der Waals surface area contributed by atoms with Crippen LogP contribution in [0.15, 0.2) is 0 Å². The van der Waals surface area contributed by atoms with E-state index in [9.17, 15) is 10.2 Å². The second-order valence-electron chi connectivity index (χ2n) is 7.44. The Morgan fingerprint density at radius 1 is 0.800 bits per heavy atom. The van der Waals surface area contributed by atoms with E-state index in [0.29, 0.717) is 13.2 Å². The Labute approximate surface area is 156 Å². The summed E-state index contributed by atoms with van der Waals surface area (Å²) in [6.45, 7) is 5.11. The molecule has 0 aliphatic rings. The molecule has 1 unspecified atom stereocenters. The van der Waals surface area contributed by atoms with E-state index in [-0.39, 0.29) is 6.61 Å². The predicted octanol–water partition coefficient (Wildman–Crippen LogP) is 4.55. The third-order valence-electron chi connectivity index (χ3n) is 5.19. The molecule has 0 rings (SSSR count). The Balaban J connectivity index is 4.47. The highest BCUT2D eigenvalue weighted by atomic mass is 16.5. The Kier molecular flexibility index (Phi) is 17.2. The Hall–Kier alpha value is -0.160. The van der Waals surface area contributed by atoms with Crippen molar-refractivity contribution < 1.29 is 14.9 Å². The van der Waals surface area contributed by atoms with E-state index in [1.54, 1.807) is 0 Å². The normalized spacial score (nSPS) is 13.3. The molecule has 4 heteroatoms. The lowest BCUT2D eigenvalue weighted by Crippen LogP contribution is -2.48. The van der Waals surface area contributed by atoms with Crippen molar-refractivity contribution in [1.29, 1.82) is 0 Å². The van der Waals surface area contributed by atoms with Gasteiger partial charge in [0.2, 0.25) is 0 Å². The first kappa shape index (κ1) is 24.8. The number of nitrogens with two attached hydrogens (primary N) is 1. The summed E-state index contributed by atoms with van der Waals surface area (Å²) in [5, 5.41) is 20.0. The molecule has 0 heterocycles. The quantitative estimate of drug-likeness (QED) is 0.296. The van der Waals surface area contributed by atoms with E-state index < -0.39 is 11.7 Å². The Bertz CT molecular complexity index is 258. The van der Waals surface area contributed by atoms with Gasteiger partial charge in [-0.2, -0.15) is 0 Å². The lowest BCUT2D eigenvalue weighted by molar-refractivity contribution is -0.145. The summed E-state index contributed by atoms with van der Waals surface area (Å²) < 4.78 is 6.05. The molecule has 0 aliphatic carbocycles. The molecule has 4 nitrogen and oxygen atoms in total. The average Bonchev–Trinajstić information content (AvgIpc) is 2.64. The molecule has 1 atom stereocenters. The summed E-state index contributed by atoms with van der Waals surface area (Å²) in [7, 11) is 0. The second kappa shape index (κ2) is 17.3. The first-order chi connectivity index (χ1) is 12.2. The maximum atomic E-state index is 10.5. The van der Waals surface area contributed by atoms with Gasteiger partial charge in [-0.3, -0.25) is 0 Å². The van der Waals surface area contributed by atoms with Crippen LogP contribution in [0.3, 0.4) is 0 Å². The molecule has 4 N–H and O–H groups in total. The fourth-order valence-corrected chi connectivity index (χ4v) is 3.54. The monoisotopic (exact) mass is 359 g/mol. The maximum absolute atomic E-state index is 10.5. The van der Waals surface area contributed by atoms with E-state index >= 15 is 0 Å².